The second-order valence-corrected chi connectivity index (χ2v) is 3.93. The third-order valence-corrected chi connectivity index (χ3v) is 2.52. The molecule has 4 nitrogen and oxygen atoms in total. The minimum atomic E-state index is -1.09. The molecule has 0 fully saturated rings. The van der Waals surface area contributed by atoms with Crippen LogP contribution in [-0.4, -0.2) is 16.0 Å². The summed E-state index contributed by atoms with van der Waals surface area (Å²) in [6.07, 6.45) is 0. The van der Waals surface area contributed by atoms with Crippen molar-refractivity contribution in [3.63, 3.8) is 0 Å². The number of benzene rings is 1. The van der Waals surface area contributed by atoms with Crippen molar-refractivity contribution in [1.82, 2.24) is 4.98 Å². The Balaban J connectivity index is 2.23. The first-order chi connectivity index (χ1) is 8.97. The van der Waals surface area contributed by atoms with Gasteiger partial charge < -0.3 is 10.4 Å². The number of aromatic nitrogens is 1. The van der Waals surface area contributed by atoms with Crippen LogP contribution >= 0.6 is 0 Å². The van der Waals surface area contributed by atoms with Gasteiger partial charge in [0.1, 0.15) is 5.75 Å². The molecule has 0 aliphatic carbocycles. The monoisotopic (exact) mass is 264 g/mol. The van der Waals surface area contributed by atoms with Crippen molar-refractivity contribution in [3.8, 4) is 5.75 Å². The van der Waals surface area contributed by atoms with Crippen LogP contribution in [-0.2, 0) is 0 Å². The van der Waals surface area contributed by atoms with Crippen molar-refractivity contribution in [2.45, 2.75) is 6.92 Å². The molecule has 0 unspecified atom stereocenters. The summed E-state index contributed by atoms with van der Waals surface area (Å²) in [6.45, 7) is 1.63. The molecule has 0 spiro atoms. The van der Waals surface area contributed by atoms with Gasteiger partial charge in [-0.25, -0.2) is 0 Å². The minimum Gasteiger partial charge on any atom is -0.508 e. The third kappa shape index (κ3) is 2.85. The zero-order valence-corrected chi connectivity index (χ0v) is 9.95. The fraction of sp³-hybridized carbons (Fsp3) is 0.0769. The second kappa shape index (κ2) is 5.01. The number of hydrogen-bond acceptors (Lipinski definition) is 3. The van der Waals surface area contributed by atoms with Crippen LogP contribution in [0.5, 0.6) is 5.75 Å². The lowest BCUT2D eigenvalue weighted by atomic mass is 10.1. The Morgan fingerprint density at radius 1 is 1.26 bits per heavy atom. The maximum Gasteiger partial charge on any atom is 0.255 e. The zero-order valence-electron chi connectivity index (χ0n) is 9.95. The van der Waals surface area contributed by atoms with Gasteiger partial charge in [0.15, 0.2) is 0 Å². The zero-order chi connectivity index (χ0) is 14.0. The van der Waals surface area contributed by atoms with Gasteiger partial charge in [-0.1, -0.05) is 0 Å². The summed E-state index contributed by atoms with van der Waals surface area (Å²) in [6, 6.07) is 6.25. The van der Waals surface area contributed by atoms with Crippen LogP contribution in [0.3, 0.4) is 0 Å². The lowest BCUT2D eigenvalue weighted by Crippen LogP contribution is -2.13. The number of phenols is 1. The lowest BCUT2D eigenvalue weighted by Gasteiger charge is -2.07. The quantitative estimate of drug-likeness (QED) is 0.819. The van der Waals surface area contributed by atoms with E-state index in [-0.39, 0.29) is 17.0 Å². The number of anilines is 1. The predicted octanol–water partition coefficient (Wildman–Crippen LogP) is 2.63. The van der Waals surface area contributed by atoms with E-state index in [1.165, 1.54) is 18.2 Å². The fourth-order valence-electron chi connectivity index (χ4n) is 1.50. The van der Waals surface area contributed by atoms with Crippen molar-refractivity contribution in [3.05, 3.63) is 53.4 Å². The molecule has 0 radical (unpaired) electrons. The molecule has 98 valence electrons. The Morgan fingerprint density at radius 2 is 2.00 bits per heavy atom. The molecule has 6 heteroatoms. The number of nitrogens with zero attached hydrogens (tertiary/aromatic N) is 1. The summed E-state index contributed by atoms with van der Waals surface area (Å²) in [5.41, 5.74) is 0.557. The Kier molecular flexibility index (Phi) is 3.41. The van der Waals surface area contributed by atoms with E-state index in [4.69, 9.17) is 0 Å². The highest BCUT2D eigenvalue weighted by Gasteiger charge is 2.11. The van der Waals surface area contributed by atoms with Gasteiger partial charge in [-0.2, -0.15) is 13.8 Å². The molecule has 1 amide bonds. The molecule has 0 saturated heterocycles. The number of amides is 1. The maximum atomic E-state index is 13.3. The van der Waals surface area contributed by atoms with Crippen LogP contribution in [0.25, 0.3) is 0 Å². The smallest absolute Gasteiger partial charge is 0.255 e. The van der Waals surface area contributed by atoms with Gasteiger partial charge in [-0.05, 0) is 42.8 Å². The Bertz CT molecular complexity index is 645. The third-order valence-electron chi connectivity index (χ3n) is 2.52. The molecule has 1 aromatic carbocycles. The summed E-state index contributed by atoms with van der Waals surface area (Å²) in [5.74, 6) is -2.57. The molecule has 0 aliphatic heterocycles. The number of carbonyl (C=O) groups excluding carboxylic acids is 1. The molecule has 0 saturated carbocycles. The van der Waals surface area contributed by atoms with Gasteiger partial charge in [-0.15, -0.1) is 0 Å². The first-order valence-electron chi connectivity index (χ1n) is 5.40. The molecule has 1 aromatic heterocycles. The Morgan fingerprint density at radius 3 is 2.63 bits per heavy atom. The van der Waals surface area contributed by atoms with Gasteiger partial charge in [0.05, 0.1) is 5.69 Å². The maximum absolute atomic E-state index is 13.3. The lowest BCUT2D eigenvalue weighted by molar-refractivity contribution is 0.102. The highest BCUT2D eigenvalue weighted by Crippen LogP contribution is 2.18. The summed E-state index contributed by atoms with van der Waals surface area (Å²) in [5, 5.41) is 11.6. The summed E-state index contributed by atoms with van der Waals surface area (Å²) in [7, 11) is 0. The average Bonchev–Trinajstić information content (AvgIpc) is 2.36. The van der Waals surface area contributed by atoms with Crippen molar-refractivity contribution < 1.29 is 18.7 Å². The first-order valence-corrected chi connectivity index (χ1v) is 5.40. The van der Waals surface area contributed by atoms with Crippen molar-refractivity contribution in [2.75, 3.05) is 5.32 Å². The summed E-state index contributed by atoms with van der Waals surface area (Å²) >= 11 is 0. The molecule has 1 heterocycles. The number of nitrogens with one attached hydrogen (secondary N) is 1. The Hall–Kier alpha value is -2.50. The van der Waals surface area contributed by atoms with Gasteiger partial charge in [0.25, 0.3) is 5.91 Å². The van der Waals surface area contributed by atoms with Crippen molar-refractivity contribution in [1.29, 1.82) is 0 Å². The Labute approximate surface area is 107 Å². The molecule has 2 rings (SSSR count). The van der Waals surface area contributed by atoms with Crippen molar-refractivity contribution in [2.24, 2.45) is 0 Å². The van der Waals surface area contributed by atoms with Crippen LogP contribution in [0.15, 0.2) is 30.3 Å². The van der Waals surface area contributed by atoms with Crippen LogP contribution in [0.2, 0.25) is 0 Å². The standard InChI is InChI=1S/C13H10F2N2O2/c1-7-6-8(2-4-10(7)18)13(19)16-9-3-5-11(14)17-12(9)15/h2-6,18H,1H3,(H,16,19). The SMILES string of the molecule is Cc1cc(C(=O)Nc2ccc(F)nc2F)ccc1O. The van der Waals surface area contributed by atoms with Crippen molar-refractivity contribution >= 4 is 11.6 Å². The first kappa shape index (κ1) is 12.9. The molecule has 2 N–H and O–H groups in total. The molecule has 0 atom stereocenters. The predicted molar refractivity (Wildman–Crippen MR) is 65.0 cm³/mol. The van der Waals surface area contributed by atoms with E-state index >= 15 is 0 Å². The number of pyridine rings is 1. The molecular weight excluding hydrogens is 254 g/mol. The summed E-state index contributed by atoms with van der Waals surface area (Å²) in [4.78, 5) is 14.8. The van der Waals surface area contributed by atoms with Crippen LogP contribution in [0.1, 0.15) is 15.9 Å². The number of rotatable bonds is 2. The van der Waals surface area contributed by atoms with E-state index < -0.39 is 17.8 Å². The number of aromatic hydroxyl groups is 1. The van der Waals surface area contributed by atoms with E-state index in [1.54, 1.807) is 6.92 Å². The molecule has 2 aromatic rings. The molecule has 0 aliphatic rings. The van der Waals surface area contributed by atoms with E-state index in [0.29, 0.717) is 5.56 Å². The minimum absolute atomic E-state index is 0.0613. The number of halogens is 2. The molecular formula is C13H10F2N2O2. The van der Waals surface area contributed by atoms with Crippen LogP contribution < -0.4 is 5.32 Å². The topological polar surface area (TPSA) is 62.2 Å². The largest absolute Gasteiger partial charge is 0.508 e. The van der Waals surface area contributed by atoms with Gasteiger partial charge >= 0.3 is 0 Å². The molecule has 19 heavy (non-hydrogen) atoms. The van der Waals surface area contributed by atoms with E-state index in [9.17, 15) is 18.7 Å². The van der Waals surface area contributed by atoms with E-state index in [1.807, 2.05) is 0 Å². The highest BCUT2D eigenvalue weighted by molar-refractivity contribution is 6.04. The van der Waals surface area contributed by atoms with Crippen LogP contribution in [0, 0.1) is 18.8 Å². The normalized spacial score (nSPS) is 10.3. The summed E-state index contributed by atoms with van der Waals surface area (Å²) < 4.78 is 25.9. The highest BCUT2D eigenvalue weighted by atomic mass is 19.1. The van der Waals surface area contributed by atoms with E-state index in [0.717, 1.165) is 12.1 Å². The van der Waals surface area contributed by atoms with Crippen LogP contribution in [0.4, 0.5) is 14.5 Å². The van der Waals surface area contributed by atoms with Gasteiger partial charge in [0, 0.05) is 5.56 Å². The number of carbonyl (C=O) groups is 1. The average molecular weight is 264 g/mol. The van der Waals surface area contributed by atoms with Gasteiger partial charge in [0.2, 0.25) is 11.9 Å². The van der Waals surface area contributed by atoms with Gasteiger partial charge in [-0.3, -0.25) is 4.79 Å². The number of aryl methyl sites for hydroxylation is 1. The molecule has 0 bridgehead atoms. The van der Waals surface area contributed by atoms with E-state index in [2.05, 4.69) is 10.3 Å². The second-order valence-electron chi connectivity index (χ2n) is 3.93. The number of phenolic OH excluding ortho intramolecular Hbond substituents is 1. The fourth-order valence-corrected chi connectivity index (χ4v) is 1.50. The number of hydrogen-bond donors (Lipinski definition) is 2.